The summed E-state index contributed by atoms with van der Waals surface area (Å²) < 4.78 is 19.4. The van der Waals surface area contributed by atoms with Crippen molar-refractivity contribution in [1.29, 1.82) is 0 Å². The third-order valence-electron chi connectivity index (χ3n) is 7.38. The van der Waals surface area contributed by atoms with Crippen LogP contribution in [0.15, 0.2) is 42.5 Å². The van der Waals surface area contributed by atoms with Gasteiger partial charge in [0.1, 0.15) is 5.82 Å². The lowest BCUT2D eigenvalue weighted by Crippen LogP contribution is -2.50. The van der Waals surface area contributed by atoms with Crippen molar-refractivity contribution in [2.75, 3.05) is 24.6 Å². The maximum Gasteiger partial charge on any atom is 0.263 e. The molecule has 7 nitrogen and oxygen atoms in total. The highest BCUT2D eigenvalue weighted by molar-refractivity contribution is 6.23. The van der Waals surface area contributed by atoms with Crippen molar-refractivity contribution < 1.29 is 23.5 Å². The molecule has 5 rings (SSSR count). The number of rotatable bonds is 5. The first-order valence-corrected chi connectivity index (χ1v) is 12.6. The van der Waals surface area contributed by atoms with Gasteiger partial charge in [0, 0.05) is 25.7 Å². The minimum atomic E-state index is -0.410. The molecule has 0 aliphatic carbocycles. The maximum atomic E-state index is 13.7. The third kappa shape index (κ3) is 4.87. The summed E-state index contributed by atoms with van der Waals surface area (Å²) in [4.78, 5) is 42.9. The number of piperidine rings is 1. The Bertz CT molecular complexity index is 1200. The molecule has 2 atom stereocenters. The fraction of sp³-hybridized carbons (Fsp3) is 0.464. The number of amides is 3. The molecule has 1 N–H and O–H groups in total. The SMILES string of the molecule is CC1(C)CC(NC(=O)C2CCCN(c3cccc4c3C(=O)N(Cc3cccc(F)c3)C4=O)C2)CCO1. The van der Waals surface area contributed by atoms with E-state index in [-0.39, 0.29) is 41.8 Å². The van der Waals surface area contributed by atoms with Gasteiger partial charge in [-0.15, -0.1) is 0 Å². The minimum absolute atomic E-state index is 0.00995. The number of anilines is 1. The van der Waals surface area contributed by atoms with Crippen LogP contribution in [0.2, 0.25) is 0 Å². The van der Waals surface area contributed by atoms with Crippen LogP contribution >= 0.6 is 0 Å². The van der Waals surface area contributed by atoms with E-state index in [1.807, 2.05) is 19.9 Å². The molecule has 36 heavy (non-hydrogen) atoms. The van der Waals surface area contributed by atoms with Crippen LogP contribution in [0.5, 0.6) is 0 Å². The Labute approximate surface area is 210 Å². The van der Waals surface area contributed by atoms with Gasteiger partial charge in [-0.05, 0) is 69.4 Å². The van der Waals surface area contributed by atoms with Crippen LogP contribution in [0.3, 0.4) is 0 Å². The van der Waals surface area contributed by atoms with Crippen molar-refractivity contribution in [1.82, 2.24) is 10.2 Å². The van der Waals surface area contributed by atoms with Crippen LogP contribution in [0.4, 0.5) is 10.1 Å². The van der Waals surface area contributed by atoms with Crippen LogP contribution in [0.1, 0.15) is 65.8 Å². The van der Waals surface area contributed by atoms with Crippen LogP contribution in [0.25, 0.3) is 0 Å². The normalized spacial score (nSPS) is 23.5. The smallest absolute Gasteiger partial charge is 0.263 e. The molecule has 2 aromatic rings. The number of benzene rings is 2. The number of carbonyl (C=O) groups is 3. The highest BCUT2D eigenvalue weighted by Gasteiger charge is 2.40. The van der Waals surface area contributed by atoms with Gasteiger partial charge in [-0.3, -0.25) is 19.3 Å². The Balaban J connectivity index is 1.32. The summed E-state index contributed by atoms with van der Waals surface area (Å²) in [6, 6.07) is 11.3. The average Bonchev–Trinajstić information content (AvgIpc) is 3.08. The quantitative estimate of drug-likeness (QED) is 0.639. The van der Waals surface area contributed by atoms with Gasteiger partial charge in [0.2, 0.25) is 5.91 Å². The molecule has 0 aromatic heterocycles. The molecule has 2 aromatic carbocycles. The van der Waals surface area contributed by atoms with Crippen molar-refractivity contribution in [2.24, 2.45) is 5.92 Å². The summed E-state index contributed by atoms with van der Waals surface area (Å²) in [7, 11) is 0. The lowest BCUT2D eigenvalue weighted by Gasteiger charge is -2.38. The molecule has 8 heteroatoms. The molecule has 3 heterocycles. The Morgan fingerprint density at radius 3 is 2.72 bits per heavy atom. The van der Waals surface area contributed by atoms with Crippen LogP contribution < -0.4 is 10.2 Å². The van der Waals surface area contributed by atoms with E-state index in [0.29, 0.717) is 42.1 Å². The predicted molar refractivity (Wildman–Crippen MR) is 133 cm³/mol. The molecular formula is C28H32FN3O4. The Kier molecular flexibility index (Phi) is 6.55. The van der Waals surface area contributed by atoms with Crippen LogP contribution in [-0.2, 0) is 16.1 Å². The summed E-state index contributed by atoms with van der Waals surface area (Å²) in [5.74, 6) is -1.34. The van der Waals surface area contributed by atoms with Gasteiger partial charge < -0.3 is 15.0 Å². The Hall–Kier alpha value is -3.26. The van der Waals surface area contributed by atoms with Crippen molar-refractivity contribution in [3.8, 4) is 0 Å². The number of nitrogens with one attached hydrogen (secondary N) is 1. The lowest BCUT2D eigenvalue weighted by atomic mass is 9.91. The van der Waals surface area contributed by atoms with Gasteiger partial charge in [-0.2, -0.15) is 0 Å². The number of nitrogens with zero attached hydrogens (tertiary/aromatic N) is 2. The number of ether oxygens (including phenoxy) is 1. The second kappa shape index (κ2) is 9.65. The molecular weight excluding hydrogens is 461 g/mol. The number of carbonyl (C=O) groups excluding carboxylic acids is 3. The van der Waals surface area contributed by atoms with E-state index in [2.05, 4.69) is 10.2 Å². The number of halogens is 1. The highest BCUT2D eigenvalue weighted by atomic mass is 19.1. The lowest BCUT2D eigenvalue weighted by molar-refractivity contribution is -0.128. The molecule has 2 saturated heterocycles. The van der Waals surface area contributed by atoms with E-state index in [0.717, 1.165) is 25.7 Å². The summed E-state index contributed by atoms with van der Waals surface area (Å²) in [6.07, 6.45) is 3.17. The molecule has 3 amide bonds. The molecule has 3 aliphatic rings. The van der Waals surface area contributed by atoms with E-state index in [1.54, 1.807) is 24.3 Å². The van der Waals surface area contributed by atoms with Crippen molar-refractivity contribution in [2.45, 2.75) is 57.7 Å². The van der Waals surface area contributed by atoms with E-state index in [9.17, 15) is 18.8 Å². The van der Waals surface area contributed by atoms with Gasteiger partial charge in [0.25, 0.3) is 11.8 Å². The fourth-order valence-electron chi connectivity index (χ4n) is 5.62. The van der Waals surface area contributed by atoms with Crippen molar-refractivity contribution in [3.63, 3.8) is 0 Å². The number of fused-ring (bicyclic) bond motifs is 1. The molecule has 0 saturated carbocycles. The molecule has 2 fully saturated rings. The summed E-state index contributed by atoms with van der Waals surface area (Å²) in [6.45, 7) is 5.92. The first-order chi connectivity index (χ1) is 17.2. The van der Waals surface area contributed by atoms with Gasteiger partial charge >= 0.3 is 0 Å². The average molecular weight is 494 g/mol. The van der Waals surface area contributed by atoms with E-state index in [4.69, 9.17) is 4.74 Å². The molecule has 3 aliphatic heterocycles. The Morgan fingerprint density at radius 1 is 1.14 bits per heavy atom. The minimum Gasteiger partial charge on any atom is -0.375 e. The fourth-order valence-corrected chi connectivity index (χ4v) is 5.62. The zero-order valence-electron chi connectivity index (χ0n) is 20.8. The first kappa shape index (κ1) is 24.4. The molecule has 2 unspecified atom stereocenters. The first-order valence-electron chi connectivity index (χ1n) is 12.6. The second-order valence-electron chi connectivity index (χ2n) is 10.6. The summed E-state index contributed by atoms with van der Waals surface area (Å²) in [5, 5.41) is 3.22. The monoisotopic (exact) mass is 493 g/mol. The maximum absolute atomic E-state index is 13.7. The standard InChI is InChI=1S/C28H32FN3O4/c1-28(2)15-21(11-13-36-28)30-25(33)19-7-5-12-31(17-19)23-10-4-9-22-24(23)27(35)32(26(22)34)16-18-6-3-8-20(29)14-18/h3-4,6,8-10,14,19,21H,5,7,11-13,15-17H2,1-2H3,(H,30,33). The third-order valence-corrected chi connectivity index (χ3v) is 7.38. The van der Waals surface area contributed by atoms with Gasteiger partial charge in [0.15, 0.2) is 0 Å². The zero-order valence-corrected chi connectivity index (χ0v) is 20.8. The summed E-state index contributed by atoms with van der Waals surface area (Å²) >= 11 is 0. The molecule has 0 bridgehead atoms. The number of imide groups is 1. The van der Waals surface area contributed by atoms with Gasteiger partial charge in [0.05, 0.1) is 34.9 Å². The van der Waals surface area contributed by atoms with Gasteiger partial charge in [-0.25, -0.2) is 4.39 Å². The molecule has 0 spiro atoms. The Morgan fingerprint density at radius 2 is 1.94 bits per heavy atom. The highest BCUT2D eigenvalue weighted by Crippen LogP contribution is 2.35. The summed E-state index contributed by atoms with van der Waals surface area (Å²) in [5.41, 5.74) is 1.70. The van der Waals surface area contributed by atoms with E-state index >= 15 is 0 Å². The zero-order chi connectivity index (χ0) is 25.4. The second-order valence-corrected chi connectivity index (χ2v) is 10.6. The largest absolute Gasteiger partial charge is 0.375 e. The number of hydrogen-bond acceptors (Lipinski definition) is 5. The topological polar surface area (TPSA) is 79.0 Å². The van der Waals surface area contributed by atoms with E-state index < -0.39 is 5.82 Å². The molecule has 0 radical (unpaired) electrons. The van der Waals surface area contributed by atoms with E-state index in [1.165, 1.54) is 17.0 Å². The predicted octanol–water partition coefficient (Wildman–Crippen LogP) is 3.91. The van der Waals surface area contributed by atoms with Crippen molar-refractivity contribution in [3.05, 3.63) is 65.0 Å². The molecule has 190 valence electrons. The van der Waals surface area contributed by atoms with Crippen molar-refractivity contribution >= 4 is 23.4 Å². The van der Waals surface area contributed by atoms with Crippen LogP contribution in [0, 0.1) is 11.7 Å². The number of hydrogen-bond donors (Lipinski definition) is 1. The van der Waals surface area contributed by atoms with Gasteiger partial charge in [-0.1, -0.05) is 18.2 Å². The van der Waals surface area contributed by atoms with Crippen LogP contribution in [-0.4, -0.2) is 54.0 Å².